The molecule has 2 aromatic carbocycles. The van der Waals surface area contributed by atoms with E-state index >= 15 is 0 Å². The first-order valence-corrected chi connectivity index (χ1v) is 10.2. The summed E-state index contributed by atoms with van der Waals surface area (Å²) in [5.74, 6) is 1.49. The van der Waals surface area contributed by atoms with Crippen LogP contribution in [0.2, 0.25) is 0 Å². The van der Waals surface area contributed by atoms with Crippen molar-refractivity contribution in [2.24, 2.45) is 4.99 Å². The van der Waals surface area contributed by atoms with Gasteiger partial charge in [-0.2, -0.15) is 0 Å². The minimum absolute atomic E-state index is 0. The molecule has 0 aliphatic carbocycles. The summed E-state index contributed by atoms with van der Waals surface area (Å²) < 4.78 is 30.4. The molecule has 1 atom stereocenters. The summed E-state index contributed by atoms with van der Waals surface area (Å²) in [7, 11) is -1.64. The number of rotatable bonds is 6. The molecule has 0 radical (unpaired) electrons. The molecule has 0 fully saturated rings. The van der Waals surface area contributed by atoms with Gasteiger partial charge in [-0.1, -0.05) is 36.4 Å². The first-order chi connectivity index (χ1) is 12.6. The number of para-hydroxylation sites is 1. The zero-order chi connectivity index (χ0) is 18.4. The molecule has 146 valence electrons. The monoisotopic (exact) mass is 501 g/mol. The van der Waals surface area contributed by atoms with Crippen molar-refractivity contribution < 1.29 is 13.2 Å². The summed E-state index contributed by atoms with van der Waals surface area (Å²) in [6, 6.07) is 16.5. The minimum Gasteiger partial charge on any atom is -0.488 e. The molecule has 3 rings (SSSR count). The summed E-state index contributed by atoms with van der Waals surface area (Å²) in [5, 5.41) is 6.24. The Morgan fingerprint density at radius 2 is 1.81 bits per heavy atom. The number of sulfone groups is 1. The fourth-order valence-electron chi connectivity index (χ4n) is 2.85. The number of hydrogen-bond acceptors (Lipinski definition) is 4. The van der Waals surface area contributed by atoms with Crippen LogP contribution in [0.3, 0.4) is 0 Å². The van der Waals surface area contributed by atoms with Crippen LogP contribution in [-0.2, 0) is 16.3 Å². The lowest BCUT2D eigenvalue weighted by atomic mass is 10.1. The van der Waals surface area contributed by atoms with E-state index in [9.17, 15) is 8.42 Å². The van der Waals surface area contributed by atoms with Gasteiger partial charge in [0.1, 0.15) is 11.9 Å². The lowest BCUT2D eigenvalue weighted by molar-refractivity contribution is 0.235. The Kier molecular flexibility index (Phi) is 7.91. The van der Waals surface area contributed by atoms with Gasteiger partial charge in [0.15, 0.2) is 15.8 Å². The van der Waals surface area contributed by atoms with Gasteiger partial charge in [-0.05, 0) is 23.8 Å². The molecular formula is C19H24IN3O3S. The zero-order valence-corrected chi connectivity index (χ0v) is 18.2. The maximum atomic E-state index is 12.3. The summed E-state index contributed by atoms with van der Waals surface area (Å²) in [6.07, 6.45) is 0.890. The number of aliphatic imine (C=N–C) groups is 1. The number of hydrogen-bond donors (Lipinski definition) is 2. The van der Waals surface area contributed by atoms with Crippen molar-refractivity contribution in [3.63, 3.8) is 0 Å². The number of ether oxygens (including phenoxy) is 1. The van der Waals surface area contributed by atoms with Gasteiger partial charge in [-0.3, -0.25) is 4.99 Å². The summed E-state index contributed by atoms with van der Waals surface area (Å²) in [6.45, 7) is 0.877. The van der Waals surface area contributed by atoms with E-state index in [0.29, 0.717) is 17.4 Å². The first kappa shape index (κ1) is 21.5. The molecule has 2 aromatic rings. The third-order valence-electron chi connectivity index (χ3n) is 4.20. The highest BCUT2D eigenvalue weighted by Gasteiger charge is 2.22. The van der Waals surface area contributed by atoms with E-state index in [2.05, 4.69) is 21.7 Å². The van der Waals surface area contributed by atoms with Gasteiger partial charge in [-0.15, -0.1) is 24.0 Å². The largest absolute Gasteiger partial charge is 0.488 e. The second-order valence-electron chi connectivity index (χ2n) is 6.06. The number of nitrogens with zero attached hydrogens (tertiary/aromatic N) is 1. The molecule has 0 saturated carbocycles. The van der Waals surface area contributed by atoms with Crippen molar-refractivity contribution in [3.8, 4) is 5.75 Å². The fraction of sp³-hybridized carbons (Fsp3) is 0.316. The maximum absolute atomic E-state index is 12.3. The molecule has 0 aromatic heterocycles. The zero-order valence-electron chi connectivity index (χ0n) is 15.1. The number of guanidine groups is 1. The van der Waals surface area contributed by atoms with E-state index in [-0.39, 0.29) is 42.4 Å². The Morgan fingerprint density at radius 3 is 2.52 bits per heavy atom. The second kappa shape index (κ2) is 9.93. The number of nitrogens with one attached hydrogen (secondary N) is 2. The molecule has 6 nitrogen and oxygen atoms in total. The van der Waals surface area contributed by atoms with Gasteiger partial charge in [0.2, 0.25) is 0 Å². The lowest BCUT2D eigenvalue weighted by Gasteiger charge is -2.15. The summed E-state index contributed by atoms with van der Waals surface area (Å²) >= 11 is 0. The Balaban J connectivity index is 0.00000261. The molecule has 8 heteroatoms. The first-order valence-electron chi connectivity index (χ1n) is 8.55. The smallest absolute Gasteiger partial charge is 0.191 e. The van der Waals surface area contributed by atoms with Crippen molar-refractivity contribution in [2.45, 2.75) is 17.4 Å². The van der Waals surface area contributed by atoms with E-state index in [0.717, 1.165) is 12.2 Å². The summed E-state index contributed by atoms with van der Waals surface area (Å²) in [5.41, 5.74) is 1.20. The van der Waals surface area contributed by atoms with Crippen molar-refractivity contribution in [3.05, 3.63) is 60.2 Å². The average Bonchev–Trinajstić information content (AvgIpc) is 3.08. The molecule has 2 N–H and O–H groups in total. The predicted molar refractivity (Wildman–Crippen MR) is 118 cm³/mol. The van der Waals surface area contributed by atoms with E-state index in [1.54, 1.807) is 37.4 Å². The third-order valence-corrected chi connectivity index (χ3v) is 5.93. The molecule has 1 unspecified atom stereocenters. The highest BCUT2D eigenvalue weighted by molar-refractivity contribution is 14.0. The van der Waals surface area contributed by atoms with Crippen LogP contribution < -0.4 is 15.4 Å². The lowest BCUT2D eigenvalue weighted by Crippen LogP contribution is -2.43. The Hall–Kier alpha value is -1.81. The van der Waals surface area contributed by atoms with E-state index in [4.69, 9.17) is 4.74 Å². The van der Waals surface area contributed by atoms with Crippen LogP contribution in [0.4, 0.5) is 0 Å². The van der Waals surface area contributed by atoms with E-state index in [1.807, 2.05) is 18.2 Å². The van der Waals surface area contributed by atoms with E-state index < -0.39 is 9.84 Å². The number of fused-ring (bicyclic) bond motifs is 1. The van der Waals surface area contributed by atoms with Crippen LogP contribution in [0, 0.1) is 0 Å². The molecular weight excluding hydrogens is 477 g/mol. The third kappa shape index (κ3) is 5.83. The minimum atomic E-state index is -3.30. The molecule has 0 spiro atoms. The SMILES string of the molecule is CN=C(NCCS(=O)(=O)c1ccccc1)NCC1Cc2ccccc2O1.I. The van der Waals surface area contributed by atoms with Gasteiger partial charge in [0, 0.05) is 20.0 Å². The van der Waals surface area contributed by atoms with Crippen molar-refractivity contribution in [2.75, 3.05) is 25.9 Å². The van der Waals surface area contributed by atoms with Crippen molar-refractivity contribution in [1.82, 2.24) is 10.6 Å². The van der Waals surface area contributed by atoms with Crippen molar-refractivity contribution in [1.29, 1.82) is 0 Å². The van der Waals surface area contributed by atoms with E-state index in [1.165, 1.54) is 5.56 Å². The van der Waals surface area contributed by atoms with Gasteiger partial charge in [0.25, 0.3) is 0 Å². The van der Waals surface area contributed by atoms with Crippen LogP contribution in [-0.4, -0.2) is 46.4 Å². The molecule has 0 bridgehead atoms. The van der Waals surface area contributed by atoms with Crippen LogP contribution in [0.15, 0.2) is 64.5 Å². The predicted octanol–water partition coefficient (Wildman–Crippen LogP) is 2.25. The molecule has 1 aliphatic rings. The average molecular weight is 501 g/mol. The highest BCUT2D eigenvalue weighted by Crippen LogP contribution is 2.27. The Morgan fingerprint density at radius 1 is 1.11 bits per heavy atom. The number of benzene rings is 2. The molecule has 1 heterocycles. The fourth-order valence-corrected chi connectivity index (χ4v) is 4.03. The molecule has 27 heavy (non-hydrogen) atoms. The van der Waals surface area contributed by atoms with Crippen LogP contribution >= 0.6 is 24.0 Å². The number of halogens is 1. The van der Waals surface area contributed by atoms with Crippen LogP contribution in [0.25, 0.3) is 0 Å². The van der Waals surface area contributed by atoms with Gasteiger partial charge in [-0.25, -0.2) is 8.42 Å². The molecule has 0 saturated heterocycles. The van der Waals surface area contributed by atoms with Crippen LogP contribution in [0.1, 0.15) is 5.56 Å². The quantitative estimate of drug-likeness (QED) is 0.361. The van der Waals surface area contributed by atoms with Gasteiger partial charge in [0.05, 0.1) is 17.2 Å². The second-order valence-corrected chi connectivity index (χ2v) is 8.17. The van der Waals surface area contributed by atoms with Crippen LogP contribution in [0.5, 0.6) is 5.75 Å². The summed E-state index contributed by atoms with van der Waals surface area (Å²) in [4.78, 5) is 4.47. The highest BCUT2D eigenvalue weighted by atomic mass is 127. The van der Waals surface area contributed by atoms with Gasteiger partial charge < -0.3 is 15.4 Å². The Labute approximate surface area is 177 Å². The molecule has 1 aliphatic heterocycles. The topological polar surface area (TPSA) is 79.8 Å². The van der Waals surface area contributed by atoms with Gasteiger partial charge >= 0.3 is 0 Å². The maximum Gasteiger partial charge on any atom is 0.191 e. The standard InChI is InChI=1S/C19H23N3O3S.HI/c1-20-19(21-11-12-26(23,24)17-8-3-2-4-9-17)22-14-16-13-15-7-5-6-10-18(15)25-16;/h2-10,16H,11-14H2,1H3,(H2,20,21,22);1H. The van der Waals surface area contributed by atoms with Crippen molar-refractivity contribution >= 4 is 39.8 Å². The Bertz CT molecular complexity index is 848. The molecule has 0 amide bonds. The normalized spacial score (nSPS) is 16.0.